The Morgan fingerprint density at radius 3 is 1.54 bits per heavy atom. The summed E-state index contributed by atoms with van der Waals surface area (Å²) in [5, 5.41) is 40.1. The SMILES string of the molecule is C=CCCCCCCCCCCCCCCCC(=O)O[C@@H](COC(=O)CC/C=C/C/C=C/C/C=C/C/C=C/C/C=C/C/C=C/CC)CO[C@H]1O[C@@H](CO)[C@@H](O)C(O)C1O. The van der Waals surface area contributed by atoms with E-state index in [1.165, 1.54) is 57.8 Å². The van der Waals surface area contributed by atoms with Crippen LogP contribution >= 0.6 is 0 Å². The lowest BCUT2D eigenvalue weighted by molar-refractivity contribution is -0.305. The van der Waals surface area contributed by atoms with Crippen LogP contribution in [0, 0.1) is 0 Å². The molecule has 0 aromatic rings. The maximum absolute atomic E-state index is 12.8. The van der Waals surface area contributed by atoms with Gasteiger partial charge in [-0.05, 0) is 64.2 Å². The third-order valence-electron chi connectivity index (χ3n) is 9.92. The van der Waals surface area contributed by atoms with Crippen LogP contribution in [-0.4, -0.2) is 89.0 Å². The summed E-state index contributed by atoms with van der Waals surface area (Å²) in [5.41, 5.74) is 0. The lowest BCUT2D eigenvalue weighted by atomic mass is 9.99. The molecule has 0 spiro atoms. The van der Waals surface area contributed by atoms with Gasteiger partial charge in [-0.25, -0.2) is 0 Å². The van der Waals surface area contributed by atoms with E-state index in [2.05, 4.69) is 74.3 Å². The van der Waals surface area contributed by atoms with E-state index in [-0.39, 0.29) is 26.1 Å². The van der Waals surface area contributed by atoms with Crippen LogP contribution in [0.15, 0.2) is 85.6 Å². The summed E-state index contributed by atoms with van der Waals surface area (Å²) >= 11 is 0. The number of aliphatic hydroxyl groups is 4. The van der Waals surface area contributed by atoms with E-state index in [0.29, 0.717) is 12.8 Å². The largest absolute Gasteiger partial charge is 0.462 e. The molecule has 0 bridgehead atoms. The van der Waals surface area contributed by atoms with Gasteiger partial charge in [0.2, 0.25) is 0 Å². The minimum atomic E-state index is -1.61. The predicted octanol–water partition coefficient (Wildman–Crippen LogP) is 9.77. The Bertz CT molecular complexity index is 1220. The molecule has 4 N–H and O–H groups in total. The van der Waals surface area contributed by atoms with Crippen LogP contribution in [0.25, 0.3) is 0 Å². The van der Waals surface area contributed by atoms with Gasteiger partial charge in [0, 0.05) is 12.8 Å². The highest BCUT2D eigenvalue weighted by Crippen LogP contribution is 2.22. The minimum absolute atomic E-state index is 0.146. The second-order valence-electron chi connectivity index (χ2n) is 15.2. The van der Waals surface area contributed by atoms with E-state index in [0.717, 1.165) is 64.2 Å². The Kier molecular flexibility index (Phi) is 35.7. The molecular formula is C49H80O10. The van der Waals surface area contributed by atoms with E-state index in [4.69, 9.17) is 18.9 Å². The molecule has 1 aliphatic rings. The van der Waals surface area contributed by atoms with E-state index >= 15 is 0 Å². The van der Waals surface area contributed by atoms with Crippen LogP contribution in [0.5, 0.6) is 0 Å². The number of rotatable bonds is 37. The number of unbranched alkanes of at least 4 members (excludes halogenated alkanes) is 13. The first kappa shape index (κ1) is 53.9. The van der Waals surface area contributed by atoms with Crippen molar-refractivity contribution in [1.82, 2.24) is 0 Å². The lowest BCUT2D eigenvalue weighted by Crippen LogP contribution is -2.59. The lowest BCUT2D eigenvalue weighted by Gasteiger charge is -2.39. The Labute approximate surface area is 356 Å². The van der Waals surface area contributed by atoms with Gasteiger partial charge in [-0.3, -0.25) is 9.59 Å². The molecule has 1 aliphatic heterocycles. The van der Waals surface area contributed by atoms with Crippen LogP contribution < -0.4 is 0 Å². The molecule has 6 atom stereocenters. The topological polar surface area (TPSA) is 152 Å². The molecule has 1 saturated heterocycles. The standard InChI is InChI=1S/C49H80O10/c1-3-5-7-9-11-13-15-17-19-20-21-22-24-25-27-29-31-33-35-37-44(51)56-40-42(41-57-49-48(55)47(54)46(53)43(39-50)59-49)58-45(52)38-36-34-32-30-28-26-23-18-16-14-12-10-8-6-4-2/h4-5,7,11,13,17,19,21-22,25,27,31,33,42-43,46-50,53-55H,2-3,6,8-10,12,14-16,18,20,23-24,26,28-30,32,34-41H2,1H3/b7-5+,13-11+,19-17+,22-21+,27-25+,33-31+/t42-,43-,46+,47?,48?,49-/m0/s1. The predicted molar refractivity (Wildman–Crippen MR) is 237 cm³/mol. The number of ether oxygens (including phenoxy) is 4. The first-order valence-corrected chi connectivity index (χ1v) is 22.6. The average molecular weight is 829 g/mol. The summed E-state index contributed by atoms with van der Waals surface area (Å²) < 4.78 is 22.1. The van der Waals surface area contributed by atoms with E-state index in [1.54, 1.807) is 0 Å². The number of allylic oxidation sites excluding steroid dienone is 13. The van der Waals surface area contributed by atoms with Gasteiger partial charge in [-0.15, -0.1) is 6.58 Å². The highest BCUT2D eigenvalue weighted by atomic mass is 16.7. The quantitative estimate of drug-likeness (QED) is 0.0271. The molecule has 1 fully saturated rings. The molecule has 59 heavy (non-hydrogen) atoms. The van der Waals surface area contributed by atoms with Crippen LogP contribution in [-0.2, 0) is 28.5 Å². The molecule has 10 nitrogen and oxygen atoms in total. The van der Waals surface area contributed by atoms with Gasteiger partial charge in [0.15, 0.2) is 12.4 Å². The number of hydrogen-bond acceptors (Lipinski definition) is 10. The first-order valence-electron chi connectivity index (χ1n) is 22.6. The van der Waals surface area contributed by atoms with Crippen molar-refractivity contribution in [2.45, 2.75) is 191 Å². The maximum Gasteiger partial charge on any atom is 0.306 e. The summed E-state index contributed by atoms with van der Waals surface area (Å²) in [6.45, 7) is 4.74. The Balaban J connectivity index is 2.38. The van der Waals surface area contributed by atoms with Crippen molar-refractivity contribution in [3.8, 4) is 0 Å². The zero-order chi connectivity index (χ0) is 43.0. The van der Waals surface area contributed by atoms with Crippen LogP contribution in [0.1, 0.15) is 155 Å². The van der Waals surface area contributed by atoms with Gasteiger partial charge < -0.3 is 39.4 Å². The van der Waals surface area contributed by atoms with Gasteiger partial charge in [-0.1, -0.05) is 157 Å². The molecule has 0 saturated carbocycles. The summed E-state index contributed by atoms with van der Waals surface area (Å²) in [6.07, 6.45) is 42.1. The summed E-state index contributed by atoms with van der Waals surface area (Å²) in [6, 6.07) is 0. The molecule has 0 aromatic carbocycles. The number of aliphatic hydroxyl groups excluding tert-OH is 4. The normalized spacial score (nSPS) is 20.6. The van der Waals surface area contributed by atoms with Crippen molar-refractivity contribution in [3.63, 3.8) is 0 Å². The second kappa shape index (κ2) is 39.0. The molecule has 1 rings (SSSR count). The molecule has 2 unspecified atom stereocenters. The fourth-order valence-corrected chi connectivity index (χ4v) is 6.37. The van der Waals surface area contributed by atoms with Gasteiger partial charge in [0.05, 0.1) is 13.2 Å². The van der Waals surface area contributed by atoms with E-state index < -0.39 is 55.4 Å². The number of hydrogen-bond donors (Lipinski definition) is 4. The molecule has 10 heteroatoms. The van der Waals surface area contributed by atoms with Crippen LogP contribution in [0.4, 0.5) is 0 Å². The molecule has 1 heterocycles. The van der Waals surface area contributed by atoms with Gasteiger partial charge in [0.1, 0.15) is 31.0 Å². The first-order chi connectivity index (χ1) is 28.8. The zero-order valence-corrected chi connectivity index (χ0v) is 36.3. The second-order valence-corrected chi connectivity index (χ2v) is 15.2. The highest BCUT2D eigenvalue weighted by Gasteiger charge is 2.44. The molecular weight excluding hydrogens is 749 g/mol. The third-order valence-corrected chi connectivity index (χ3v) is 9.92. The van der Waals surface area contributed by atoms with Crippen LogP contribution in [0.2, 0.25) is 0 Å². The Morgan fingerprint density at radius 2 is 1.05 bits per heavy atom. The van der Waals surface area contributed by atoms with E-state index in [1.807, 2.05) is 18.2 Å². The molecule has 0 radical (unpaired) electrons. The maximum atomic E-state index is 12.8. The van der Waals surface area contributed by atoms with Crippen molar-refractivity contribution in [3.05, 3.63) is 85.6 Å². The van der Waals surface area contributed by atoms with Gasteiger partial charge in [0.25, 0.3) is 0 Å². The Morgan fingerprint density at radius 1 is 0.576 bits per heavy atom. The van der Waals surface area contributed by atoms with Crippen molar-refractivity contribution >= 4 is 11.9 Å². The molecule has 0 aromatic heterocycles. The van der Waals surface area contributed by atoms with E-state index in [9.17, 15) is 30.0 Å². The number of esters is 2. The fourth-order valence-electron chi connectivity index (χ4n) is 6.37. The summed E-state index contributed by atoms with van der Waals surface area (Å²) in [7, 11) is 0. The van der Waals surface area contributed by atoms with Crippen molar-refractivity contribution in [2.24, 2.45) is 0 Å². The minimum Gasteiger partial charge on any atom is -0.462 e. The number of carbonyl (C=O) groups excluding carboxylic acids is 2. The molecule has 0 amide bonds. The zero-order valence-electron chi connectivity index (χ0n) is 36.3. The van der Waals surface area contributed by atoms with Crippen molar-refractivity contribution < 1.29 is 49.0 Å². The molecule has 336 valence electrons. The fraction of sp³-hybridized carbons (Fsp3) is 0.673. The molecule has 0 aliphatic carbocycles. The monoisotopic (exact) mass is 829 g/mol. The summed E-state index contributed by atoms with van der Waals surface area (Å²) in [4.78, 5) is 25.3. The Hall–Kier alpha value is -3.12. The number of carbonyl (C=O) groups is 2. The van der Waals surface area contributed by atoms with Crippen molar-refractivity contribution in [2.75, 3.05) is 19.8 Å². The summed E-state index contributed by atoms with van der Waals surface area (Å²) in [5.74, 6) is -0.913. The highest BCUT2D eigenvalue weighted by molar-refractivity contribution is 5.70. The average Bonchev–Trinajstić information content (AvgIpc) is 3.23. The smallest absolute Gasteiger partial charge is 0.306 e. The van der Waals surface area contributed by atoms with Crippen LogP contribution in [0.3, 0.4) is 0 Å². The van der Waals surface area contributed by atoms with Gasteiger partial charge in [-0.2, -0.15) is 0 Å². The third kappa shape index (κ3) is 30.5. The van der Waals surface area contributed by atoms with Crippen molar-refractivity contribution in [1.29, 1.82) is 0 Å². The van der Waals surface area contributed by atoms with Gasteiger partial charge >= 0.3 is 11.9 Å².